The Morgan fingerprint density at radius 1 is 0.645 bits per heavy atom. The summed E-state index contributed by atoms with van der Waals surface area (Å²) in [6.07, 6.45) is 0. The molecular weight excluding hydrogens is 391 g/mol. The Morgan fingerprint density at radius 3 is 1.97 bits per heavy atom. The third kappa shape index (κ3) is 6.89. The van der Waals surface area contributed by atoms with Gasteiger partial charge in [0.15, 0.2) is 0 Å². The Morgan fingerprint density at radius 2 is 1.26 bits per heavy atom. The third-order valence-electron chi connectivity index (χ3n) is 5.50. The summed E-state index contributed by atoms with van der Waals surface area (Å²) in [5, 5.41) is 0. The summed E-state index contributed by atoms with van der Waals surface area (Å²) in [4.78, 5) is 4.79. The van der Waals surface area contributed by atoms with Crippen LogP contribution in [0.3, 0.4) is 0 Å². The summed E-state index contributed by atoms with van der Waals surface area (Å²) < 4.78 is 24.6. The highest BCUT2D eigenvalue weighted by molar-refractivity contribution is 5.28. The van der Waals surface area contributed by atoms with E-state index in [0.717, 1.165) is 44.0 Å². The van der Waals surface area contributed by atoms with E-state index in [1.54, 1.807) is 12.1 Å². The second-order valence-corrected chi connectivity index (χ2v) is 7.92. The Labute approximate surface area is 183 Å². The standard InChI is InChI=1S/C26H29FN2O2/c27-25-10-6-24(7-11-25)19-30-21-29-16-14-28(15-17-29)18-22-8-12-26(13-9-22)31-20-23-4-2-1-3-5-23/h1-13H,14-21H2. The lowest BCUT2D eigenvalue weighted by molar-refractivity contribution is -0.00681. The molecule has 1 saturated heterocycles. The van der Waals surface area contributed by atoms with Crippen LogP contribution in [0.2, 0.25) is 0 Å². The number of hydrogen-bond donors (Lipinski definition) is 0. The van der Waals surface area contributed by atoms with Crippen molar-refractivity contribution in [3.63, 3.8) is 0 Å². The molecule has 4 nitrogen and oxygen atoms in total. The summed E-state index contributed by atoms with van der Waals surface area (Å²) >= 11 is 0. The van der Waals surface area contributed by atoms with Crippen LogP contribution >= 0.6 is 0 Å². The van der Waals surface area contributed by atoms with Crippen molar-refractivity contribution in [1.82, 2.24) is 9.80 Å². The summed E-state index contributed by atoms with van der Waals surface area (Å²) in [7, 11) is 0. The van der Waals surface area contributed by atoms with Crippen LogP contribution in [0.4, 0.5) is 4.39 Å². The van der Waals surface area contributed by atoms with Crippen molar-refractivity contribution in [2.45, 2.75) is 19.8 Å². The van der Waals surface area contributed by atoms with Gasteiger partial charge < -0.3 is 9.47 Å². The van der Waals surface area contributed by atoms with E-state index >= 15 is 0 Å². The molecule has 0 saturated carbocycles. The molecule has 0 bridgehead atoms. The summed E-state index contributed by atoms with van der Waals surface area (Å²) in [5.41, 5.74) is 3.47. The van der Waals surface area contributed by atoms with Crippen molar-refractivity contribution in [3.05, 3.63) is 101 Å². The van der Waals surface area contributed by atoms with Crippen LogP contribution in [0, 0.1) is 5.82 Å². The van der Waals surface area contributed by atoms with Gasteiger partial charge in [0.05, 0.1) is 13.3 Å². The first-order chi connectivity index (χ1) is 15.2. The number of piperazine rings is 1. The average molecular weight is 421 g/mol. The number of halogens is 1. The number of rotatable bonds is 9. The first-order valence-electron chi connectivity index (χ1n) is 10.8. The van der Waals surface area contributed by atoms with Crippen molar-refractivity contribution in [1.29, 1.82) is 0 Å². The largest absolute Gasteiger partial charge is 0.489 e. The monoisotopic (exact) mass is 420 g/mol. The quantitative estimate of drug-likeness (QED) is 0.501. The molecule has 0 radical (unpaired) electrons. The van der Waals surface area contributed by atoms with Crippen molar-refractivity contribution in [2.24, 2.45) is 0 Å². The molecule has 3 aromatic carbocycles. The molecule has 4 rings (SSSR count). The smallest absolute Gasteiger partial charge is 0.123 e. The van der Waals surface area contributed by atoms with Crippen LogP contribution < -0.4 is 4.74 Å². The van der Waals surface area contributed by atoms with Gasteiger partial charge in [-0.1, -0.05) is 54.6 Å². The predicted molar refractivity (Wildman–Crippen MR) is 120 cm³/mol. The molecule has 1 heterocycles. The maximum absolute atomic E-state index is 13.0. The Bertz CT molecular complexity index is 908. The van der Waals surface area contributed by atoms with E-state index in [-0.39, 0.29) is 5.82 Å². The van der Waals surface area contributed by atoms with Crippen LogP contribution in [-0.2, 0) is 24.5 Å². The zero-order valence-electron chi connectivity index (χ0n) is 17.8. The molecule has 1 fully saturated rings. The van der Waals surface area contributed by atoms with Gasteiger partial charge in [0.2, 0.25) is 0 Å². The summed E-state index contributed by atoms with van der Waals surface area (Å²) in [6, 6.07) is 25.1. The van der Waals surface area contributed by atoms with Gasteiger partial charge in [-0.15, -0.1) is 0 Å². The van der Waals surface area contributed by atoms with Gasteiger partial charge in [-0.3, -0.25) is 9.80 Å². The number of benzene rings is 3. The van der Waals surface area contributed by atoms with Gasteiger partial charge in [0.25, 0.3) is 0 Å². The molecule has 0 spiro atoms. The zero-order valence-corrected chi connectivity index (χ0v) is 17.8. The van der Waals surface area contributed by atoms with E-state index in [0.29, 0.717) is 19.9 Å². The van der Waals surface area contributed by atoms with Crippen LogP contribution in [0.1, 0.15) is 16.7 Å². The molecule has 0 unspecified atom stereocenters. The average Bonchev–Trinajstić information content (AvgIpc) is 2.82. The third-order valence-corrected chi connectivity index (χ3v) is 5.50. The maximum atomic E-state index is 13.0. The van der Waals surface area contributed by atoms with Crippen LogP contribution in [0.15, 0.2) is 78.9 Å². The highest BCUT2D eigenvalue weighted by atomic mass is 19.1. The molecule has 0 N–H and O–H groups in total. The van der Waals surface area contributed by atoms with E-state index in [1.807, 2.05) is 18.2 Å². The van der Waals surface area contributed by atoms with Gasteiger partial charge >= 0.3 is 0 Å². The molecule has 0 aliphatic carbocycles. The summed E-state index contributed by atoms with van der Waals surface area (Å²) in [6.45, 7) is 6.67. The Kier molecular flexibility index (Phi) is 7.66. The second kappa shape index (κ2) is 11.0. The maximum Gasteiger partial charge on any atom is 0.123 e. The van der Waals surface area contributed by atoms with Crippen LogP contribution in [0.5, 0.6) is 5.75 Å². The van der Waals surface area contributed by atoms with E-state index in [1.165, 1.54) is 23.3 Å². The number of hydrogen-bond acceptors (Lipinski definition) is 4. The minimum atomic E-state index is -0.214. The highest BCUT2D eigenvalue weighted by Crippen LogP contribution is 2.16. The molecule has 3 aromatic rings. The van der Waals surface area contributed by atoms with Gasteiger partial charge in [-0.2, -0.15) is 0 Å². The first kappa shape index (κ1) is 21.5. The minimum Gasteiger partial charge on any atom is -0.489 e. The molecule has 1 aliphatic heterocycles. The molecule has 1 aliphatic rings. The zero-order chi connectivity index (χ0) is 21.3. The van der Waals surface area contributed by atoms with Gasteiger partial charge in [-0.25, -0.2) is 4.39 Å². The molecule has 5 heteroatoms. The molecule has 0 aromatic heterocycles. The minimum absolute atomic E-state index is 0.214. The normalized spacial score (nSPS) is 15.1. The Hall–Kier alpha value is -2.73. The topological polar surface area (TPSA) is 24.9 Å². The lowest BCUT2D eigenvalue weighted by Gasteiger charge is -2.34. The van der Waals surface area contributed by atoms with E-state index in [2.05, 4.69) is 46.2 Å². The first-order valence-corrected chi connectivity index (χ1v) is 10.8. The lowest BCUT2D eigenvalue weighted by Crippen LogP contribution is -2.46. The van der Waals surface area contributed by atoms with Gasteiger partial charge in [0, 0.05) is 32.7 Å². The van der Waals surface area contributed by atoms with Gasteiger partial charge in [-0.05, 0) is 41.0 Å². The molecule has 0 atom stereocenters. The predicted octanol–water partition coefficient (Wildman–Crippen LogP) is 4.70. The molecule has 31 heavy (non-hydrogen) atoms. The van der Waals surface area contributed by atoms with Crippen molar-refractivity contribution in [2.75, 3.05) is 32.9 Å². The van der Waals surface area contributed by atoms with Gasteiger partial charge in [0.1, 0.15) is 18.2 Å². The SMILES string of the molecule is Fc1ccc(COCN2CCN(Cc3ccc(OCc4ccccc4)cc3)CC2)cc1. The lowest BCUT2D eigenvalue weighted by atomic mass is 10.2. The number of nitrogens with zero attached hydrogens (tertiary/aromatic N) is 2. The molecular formula is C26H29FN2O2. The fourth-order valence-electron chi connectivity index (χ4n) is 3.64. The Balaban J connectivity index is 1.14. The fourth-order valence-corrected chi connectivity index (χ4v) is 3.64. The fraction of sp³-hybridized carbons (Fsp3) is 0.308. The van der Waals surface area contributed by atoms with E-state index < -0.39 is 0 Å². The van der Waals surface area contributed by atoms with E-state index in [4.69, 9.17) is 9.47 Å². The van der Waals surface area contributed by atoms with Crippen LogP contribution in [-0.4, -0.2) is 42.7 Å². The highest BCUT2D eigenvalue weighted by Gasteiger charge is 2.17. The van der Waals surface area contributed by atoms with Crippen molar-refractivity contribution in [3.8, 4) is 5.75 Å². The van der Waals surface area contributed by atoms with Crippen LogP contribution in [0.25, 0.3) is 0 Å². The molecule has 162 valence electrons. The second-order valence-electron chi connectivity index (χ2n) is 7.92. The van der Waals surface area contributed by atoms with Crippen molar-refractivity contribution >= 4 is 0 Å². The number of ether oxygens (including phenoxy) is 2. The summed E-state index contributed by atoms with van der Waals surface area (Å²) in [5.74, 6) is 0.685. The molecule has 0 amide bonds. The van der Waals surface area contributed by atoms with E-state index in [9.17, 15) is 4.39 Å². The van der Waals surface area contributed by atoms with Crippen molar-refractivity contribution < 1.29 is 13.9 Å².